The molecular formula is C11H12ClNO3. The molecule has 0 atom stereocenters. The third kappa shape index (κ3) is 3.17. The third-order valence-electron chi connectivity index (χ3n) is 1.89. The highest BCUT2D eigenvalue weighted by atomic mass is 35.5. The average Bonchev–Trinajstić information content (AvgIpc) is 2.25. The van der Waals surface area contributed by atoms with Crippen molar-refractivity contribution in [1.82, 2.24) is 5.32 Å². The molecule has 16 heavy (non-hydrogen) atoms. The van der Waals surface area contributed by atoms with Gasteiger partial charge in [-0.25, -0.2) is 0 Å². The van der Waals surface area contributed by atoms with Crippen LogP contribution in [0.3, 0.4) is 0 Å². The van der Waals surface area contributed by atoms with Gasteiger partial charge in [0.2, 0.25) is 0 Å². The van der Waals surface area contributed by atoms with Gasteiger partial charge < -0.3 is 15.2 Å². The summed E-state index contributed by atoms with van der Waals surface area (Å²) >= 11 is 5.51. The molecular weight excluding hydrogens is 230 g/mol. The summed E-state index contributed by atoms with van der Waals surface area (Å²) in [5.41, 5.74) is 0.165. The zero-order valence-electron chi connectivity index (χ0n) is 8.79. The first-order chi connectivity index (χ1) is 7.54. The minimum Gasteiger partial charge on any atom is -0.507 e. The van der Waals surface area contributed by atoms with Gasteiger partial charge in [-0.15, -0.1) is 0 Å². The maximum Gasteiger partial charge on any atom is 0.255 e. The van der Waals surface area contributed by atoms with Gasteiger partial charge >= 0.3 is 0 Å². The molecule has 1 aromatic carbocycles. The van der Waals surface area contributed by atoms with Gasteiger partial charge in [0.05, 0.1) is 19.2 Å². The molecule has 0 bridgehead atoms. The number of hydrogen-bond acceptors (Lipinski definition) is 3. The van der Waals surface area contributed by atoms with Crippen LogP contribution in [0.15, 0.2) is 29.8 Å². The summed E-state index contributed by atoms with van der Waals surface area (Å²) in [5, 5.41) is 12.4. The molecule has 0 spiro atoms. The smallest absolute Gasteiger partial charge is 0.255 e. The van der Waals surface area contributed by atoms with E-state index in [0.717, 1.165) is 0 Å². The molecule has 0 aromatic heterocycles. The summed E-state index contributed by atoms with van der Waals surface area (Å²) in [6, 6.07) is 4.43. The monoisotopic (exact) mass is 241 g/mol. The third-order valence-corrected chi connectivity index (χ3v) is 2.02. The van der Waals surface area contributed by atoms with Crippen LogP contribution in [0, 0.1) is 0 Å². The molecule has 0 unspecified atom stereocenters. The molecule has 1 rings (SSSR count). The molecule has 2 N–H and O–H groups in total. The van der Waals surface area contributed by atoms with Crippen LogP contribution >= 0.6 is 11.6 Å². The average molecular weight is 242 g/mol. The van der Waals surface area contributed by atoms with Crippen molar-refractivity contribution in [1.29, 1.82) is 0 Å². The Balaban J connectivity index is 2.79. The van der Waals surface area contributed by atoms with E-state index in [1.807, 2.05) is 0 Å². The molecule has 0 fully saturated rings. The Morgan fingerprint density at radius 1 is 1.62 bits per heavy atom. The van der Waals surface area contributed by atoms with Crippen LogP contribution in [-0.4, -0.2) is 24.7 Å². The van der Waals surface area contributed by atoms with E-state index in [1.165, 1.54) is 19.2 Å². The van der Waals surface area contributed by atoms with Gasteiger partial charge in [0.1, 0.15) is 11.5 Å². The standard InChI is InChI=1S/C11H12ClNO3/c1-7(12)6-13-11(15)9-4-3-8(16-2)5-10(9)14/h3-5,14H,1,6H2,2H3,(H,13,15). The van der Waals surface area contributed by atoms with Crippen molar-refractivity contribution < 1.29 is 14.6 Å². The number of carbonyl (C=O) groups is 1. The summed E-state index contributed by atoms with van der Waals surface area (Å²) in [4.78, 5) is 11.6. The van der Waals surface area contributed by atoms with Crippen molar-refractivity contribution in [2.75, 3.05) is 13.7 Å². The highest BCUT2D eigenvalue weighted by Gasteiger charge is 2.11. The number of amides is 1. The Kier molecular flexibility index (Phi) is 4.19. The molecule has 0 saturated carbocycles. The topological polar surface area (TPSA) is 58.6 Å². The van der Waals surface area contributed by atoms with E-state index < -0.39 is 5.91 Å². The molecule has 1 aromatic rings. The van der Waals surface area contributed by atoms with E-state index in [4.69, 9.17) is 16.3 Å². The van der Waals surface area contributed by atoms with Crippen LogP contribution in [0.25, 0.3) is 0 Å². The van der Waals surface area contributed by atoms with E-state index in [-0.39, 0.29) is 17.9 Å². The number of carbonyl (C=O) groups excluding carboxylic acids is 1. The Labute approximate surface area is 98.5 Å². The van der Waals surface area contributed by atoms with Crippen LogP contribution in [0.1, 0.15) is 10.4 Å². The van der Waals surface area contributed by atoms with Gasteiger partial charge in [-0.1, -0.05) is 18.2 Å². The van der Waals surface area contributed by atoms with Crippen LogP contribution in [0.2, 0.25) is 0 Å². The van der Waals surface area contributed by atoms with Crippen molar-refractivity contribution in [2.45, 2.75) is 0 Å². The Morgan fingerprint density at radius 2 is 2.31 bits per heavy atom. The summed E-state index contributed by atoms with van der Waals surface area (Å²) in [5.74, 6) is -0.0743. The van der Waals surface area contributed by atoms with Crippen molar-refractivity contribution in [3.8, 4) is 11.5 Å². The van der Waals surface area contributed by atoms with Gasteiger partial charge in [-0.3, -0.25) is 4.79 Å². The first-order valence-corrected chi connectivity index (χ1v) is 4.91. The van der Waals surface area contributed by atoms with Crippen LogP contribution in [-0.2, 0) is 0 Å². The fourth-order valence-electron chi connectivity index (χ4n) is 1.10. The van der Waals surface area contributed by atoms with Crippen LogP contribution in [0.5, 0.6) is 11.5 Å². The van der Waals surface area contributed by atoms with E-state index in [2.05, 4.69) is 11.9 Å². The normalized spacial score (nSPS) is 9.62. The minimum absolute atomic E-state index is 0.142. The molecule has 5 heteroatoms. The second-order valence-electron chi connectivity index (χ2n) is 3.08. The maximum absolute atomic E-state index is 11.6. The molecule has 1 amide bonds. The van der Waals surface area contributed by atoms with Crippen LogP contribution < -0.4 is 10.1 Å². The number of nitrogens with one attached hydrogen (secondary N) is 1. The summed E-state index contributed by atoms with van der Waals surface area (Å²) in [6.45, 7) is 3.60. The number of methoxy groups -OCH3 is 1. The number of halogens is 1. The molecule has 0 saturated heterocycles. The SMILES string of the molecule is C=C(Cl)CNC(=O)c1ccc(OC)cc1O. The van der Waals surface area contributed by atoms with Crippen LogP contribution in [0.4, 0.5) is 0 Å². The second-order valence-corrected chi connectivity index (χ2v) is 3.62. The van der Waals surface area contributed by atoms with E-state index in [0.29, 0.717) is 10.8 Å². The lowest BCUT2D eigenvalue weighted by Crippen LogP contribution is -2.24. The zero-order valence-corrected chi connectivity index (χ0v) is 9.54. The molecule has 0 heterocycles. The highest BCUT2D eigenvalue weighted by molar-refractivity contribution is 6.29. The quantitative estimate of drug-likeness (QED) is 0.846. The molecule has 0 aliphatic heterocycles. The molecule has 0 aliphatic rings. The number of benzene rings is 1. The van der Waals surface area contributed by atoms with E-state index in [9.17, 15) is 9.90 Å². The van der Waals surface area contributed by atoms with Crippen molar-refractivity contribution in [3.63, 3.8) is 0 Å². The number of hydrogen-bond donors (Lipinski definition) is 2. The molecule has 0 aliphatic carbocycles. The lowest BCUT2D eigenvalue weighted by Gasteiger charge is -2.07. The number of phenols is 1. The van der Waals surface area contributed by atoms with Gasteiger partial charge in [0.25, 0.3) is 5.91 Å². The number of rotatable bonds is 4. The predicted octanol–water partition coefficient (Wildman–Crippen LogP) is 1.88. The fourth-order valence-corrected chi connectivity index (χ4v) is 1.17. The van der Waals surface area contributed by atoms with Crippen molar-refractivity contribution in [3.05, 3.63) is 35.4 Å². The van der Waals surface area contributed by atoms with E-state index in [1.54, 1.807) is 6.07 Å². The summed E-state index contributed by atoms with van der Waals surface area (Å²) in [6.07, 6.45) is 0. The maximum atomic E-state index is 11.6. The number of ether oxygens (including phenoxy) is 1. The van der Waals surface area contributed by atoms with Gasteiger partial charge in [0, 0.05) is 11.1 Å². The lowest BCUT2D eigenvalue weighted by molar-refractivity contribution is 0.0955. The molecule has 4 nitrogen and oxygen atoms in total. The molecule has 86 valence electrons. The van der Waals surface area contributed by atoms with E-state index >= 15 is 0 Å². The summed E-state index contributed by atoms with van der Waals surface area (Å²) < 4.78 is 4.90. The lowest BCUT2D eigenvalue weighted by atomic mass is 10.2. The Morgan fingerprint density at radius 3 is 2.81 bits per heavy atom. The number of phenolic OH excluding ortho intramolecular Hbond substituents is 1. The van der Waals surface area contributed by atoms with Gasteiger partial charge in [-0.2, -0.15) is 0 Å². The Hall–Kier alpha value is -1.68. The zero-order chi connectivity index (χ0) is 12.1. The largest absolute Gasteiger partial charge is 0.507 e. The van der Waals surface area contributed by atoms with Gasteiger partial charge in [-0.05, 0) is 12.1 Å². The van der Waals surface area contributed by atoms with Crippen molar-refractivity contribution in [2.24, 2.45) is 0 Å². The molecule has 0 radical (unpaired) electrons. The van der Waals surface area contributed by atoms with Crippen molar-refractivity contribution >= 4 is 17.5 Å². The predicted molar refractivity (Wildman–Crippen MR) is 62.0 cm³/mol. The summed E-state index contributed by atoms with van der Waals surface area (Å²) in [7, 11) is 1.48. The highest BCUT2D eigenvalue weighted by Crippen LogP contribution is 2.23. The Bertz CT molecular complexity index is 418. The first-order valence-electron chi connectivity index (χ1n) is 4.53. The second kappa shape index (κ2) is 5.42. The van der Waals surface area contributed by atoms with Gasteiger partial charge in [0.15, 0.2) is 0 Å². The minimum atomic E-state index is -0.415. The first kappa shape index (κ1) is 12.4. The number of aromatic hydroxyl groups is 1. The fraction of sp³-hybridized carbons (Fsp3) is 0.182.